The number of ether oxygens (including phenoxy) is 1. The van der Waals surface area contributed by atoms with Crippen molar-refractivity contribution in [2.75, 3.05) is 6.61 Å². The molecule has 0 heterocycles. The molecule has 0 amide bonds. The monoisotopic (exact) mass is 348 g/mol. The van der Waals surface area contributed by atoms with E-state index >= 15 is 0 Å². The molecule has 0 radical (unpaired) electrons. The molecular weight excluding hydrogens is 324 g/mol. The van der Waals surface area contributed by atoms with Crippen LogP contribution in [0.1, 0.15) is 41.5 Å². The van der Waals surface area contributed by atoms with Gasteiger partial charge in [0.2, 0.25) is 0 Å². The molecule has 2 atom stereocenters. The maximum absolute atomic E-state index is 12.8. The van der Waals surface area contributed by atoms with Gasteiger partial charge in [-0.15, -0.1) is 0 Å². The highest BCUT2D eigenvalue weighted by molar-refractivity contribution is 6.10. The molecule has 0 N–H and O–H groups in total. The third-order valence-electron chi connectivity index (χ3n) is 4.93. The number of hydrogen-bond acceptors (Lipinski definition) is 3. The Hall–Kier alpha value is -2.68. The molecule has 1 aliphatic carbocycles. The molecule has 0 bridgehead atoms. The molecule has 3 heteroatoms. The summed E-state index contributed by atoms with van der Waals surface area (Å²) >= 11 is 0. The number of rotatable bonds is 4. The Balaban J connectivity index is 2.01. The molecule has 0 aromatic heterocycles. The van der Waals surface area contributed by atoms with E-state index in [0.29, 0.717) is 6.42 Å². The van der Waals surface area contributed by atoms with Crippen LogP contribution >= 0.6 is 0 Å². The van der Waals surface area contributed by atoms with Crippen molar-refractivity contribution in [1.82, 2.24) is 0 Å². The average molecular weight is 348 g/mol. The fourth-order valence-electron chi connectivity index (χ4n) is 3.48. The van der Waals surface area contributed by atoms with Crippen molar-refractivity contribution < 1.29 is 14.3 Å². The number of allylic oxidation sites excluding steroid dienone is 2. The number of carbonyl (C=O) groups is 2. The van der Waals surface area contributed by atoms with E-state index in [0.717, 1.165) is 22.3 Å². The SMILES string of the molecule is CCOC(=O)[C@@H]1C(=O)C=C(c2ccc(C)cc2)C[C@H]1c1ccc(C)cc1. The van der Waals surface area contributed by atoms with Crippen LogP contribution in [-0.4, -0.2) is 18.4 Å². The van der Waals surface area contributed by atoms with Gasteiger partial charge in [0.15, 0.2) is 5.78 Å². The van der Waals surface area contributed by atoms with Gasteiger partial charge in [0.1, 0.15) is 5.92 Å². The summed E-state index contributed by atoms with van der Waals surface area (Å²) in [5, 5.41) is 0. The van der Waals surface area contributed by atoms with E-state index in [2.05, 4.69) is 0 Å². The molecule has 0 aliphatic heterocycles. The lowest BCUT2D eigenvalue weighted by Gasteiger charge is -2.29. The van der Waals surface area contributed by atoms with Crippen LogP contribution in [-0.2, 0) is 14.3 Å². The minimum atomic E-state index is -0.771. The largest absolute Gasteiger partial charge is 0.465 e. The van der Waals surface area contributed by atoms with Crippen molar-refractivity contribution in [2.24, 2.45) is 5.92 Å². The van der Waals surface area contributed by atoms with E-state index in [1.165, 1.54) is 5.56 Å². The lowest BCUT2D eigenvalue weighted by Crippen LogP contribution is -2.34. The van der Waals surface area contributed by atoms with Crippen LogP contribution in [0.25, 0.3) is 5.57 Å². The van der Waals surface area contributed by atoms with Gasteiger partial charge in [0.05, 0.1) is 6.61 Å². The second kappa shape index (κ2) is 7.69. The van der Waals surface area contributed by atoms with Crippen LogP contribution in [0.5, 0.6) is 0 Å². The molecule has 0 fully saturated rings. The van der Waals surface area contributed by atoms with Crippen LogP contribution < -0.4 is 0 Å². The van der Waals surface area contributed by atoms with Gasteiger partial charge < -0.3 is 4.74 Å². The summed E-state index contributed by atoms with van der Waals surface area (Å²) in [5.41, 5.74) is 5.33. The molecule has 3 rings (SSSR count). The molecule has 1 aliphatic rings. The van der Waals surface area contributed by atoms with Crippen LogP contribution in [0, 0.1) is 19.8 Å². The Bertz CT molecular complexity index is 829. The lowest BCUT2D eigenvalue weighted by atomic mass is 9.73. The Morgan fingerprint density at radius 2 is 1.58 bits per heavy atom. The van der Waals surface area contributed by atoms with Crippen molar-refractivity contribution in [3.05, 3.63) is 76.9 Å². The number of esters is 1. The summed E-state index contributed by atoms with van der Waals surface area (Å²) in [7, 11) is 0. The van der Waals surface area contributed by atoms with E-state index in [1.807, 2.05) is 62.4 Å². The quantitative estimate of drug-likeness (QED) is 0.598. The normalized spacial score (nSPS) is 19.8. The number of ketones is 1. The second-order valence-corrected chi connectivity index (χ2v) is 6.89. The standard InChI is InChI=1S/C23H24O3/c1-4-26-23(25)22-20(18-11-7-16(3)8-12-18)13-19(14-21(22)24)17-9-5-15(2)6-10-17/h5-12,14,20,22H,4,13H2,1-3H3/t20-,22-/m0/s1. The minimum absolute atomic E-state index is 0.171. The van der Waals surface area contributed by atoms with E-state index in [4.69, 9.17) is 4.74 Å². The third-order valence-corrected chi connectivity index (χ3v) is 4.93. The summed E-state index contributed by atoms with van der Waals surface area (Å²) in [5.74, 6) is -1.58. The van der Waals surface area contributed by atoms with Gasteiger partial charge in [-0.3, -0.25) is 9.59 Å². The number of hydrogen-bond donors (Lipinski definition) is 0. The van der Waals surface area contributed by atoms with Gasteiger partial charge >= 0.3 is 5.97 Å². The molecule has 0 spiro atoms. The summed E-state index contributed by atoms with van der Waals surface area (Å²) < 4.78 is 5.19. The van der Waals surface area contributed by atoms with Gasteiger partial charge in [0.25, 0.3) is 0 Å². The Labute approximate surface area is 154 Å². The zero-order valence-electron chi connectivity index (χ0n) is 15.5. The highest BCUT2D eigenvalue weighted by Gasteiger charge is 2.39. The molecule has 0 saturated heterocycles. The third kappa shape index (κ3) is 3.77. The minimum Gasteiger partial charge on any atom is -0.465 e. The summed E-state index contributed by atoms with van der Waals surface area (Å²) in [6.45, 7) is 6.10. The Morgan fingerprint density at radius 1 is 1.00 bits per heavy atom. The summed E-state index contributed by atoms with van der Waals surface area (Å²) in [4.78, 5) is 25.3. The van der Waals surface area contributed by atoms with Crippen molar-refractivity contribution in [3.63, 3.8) is 0 Å². The Morgan fingerprint density at radius 3 is 2.15 bits per heavy atom. The van der Waals surface area contributed by atoms with Gasteiger partial charge in [-0.1, -0.05) is 59.7 Å². The first-order valence-electron chi connectivity index (χ1n) is 9.04. The summed E-state index contributed by atoms with van der Waals surface area (Å²) in [6, 6.07) is 16.2. The zero-order chi connectivity index (χ0) is 18.7. The maximum atomic E-state index is 12.8. The molecule has 134 valence electrons. The Kier molecular flexibility index (Phi) is 5.36. The van der Waals surface area contributed by atoms with E-state index < -0.39 is 11.9 Å². The highest BCUT2D eigenvalue weighted by Crippen LogP contribution is 2.40. The van der Waals surface area contributed by atoms with Gasteiger partial charge in [-0.25, -0.2) is 0 Å². The predicted octanol–water partition coefficient (Wildman–Crippen LogP) is 4.62. The van der Waals surface area contributed by atoms with Crippen molar-refractivity contribution in [3.8, 4) is 0 Å². The first kappa shape index (κ1) is 18.1. The van der Waals surface area contributed by atoms with Crippen LogP contribution in [0.2, 0.25) is 0 Å². The van der Waals surface area contributed by atoms with Crippen LogP contribution in [0.15, 0.2) is 54.6 Å². The van der Waals surface area contributed by atoms with Gasteiger partial charge in [-0.05, 0) is 50.0 Å². The molecule has 2 aromatic rings. The van der Waals surface area contributed by atoms with Gasteiger partial charge in [-0.2, -0.15) is 0 Å². The zero-order valence-corrected chi connectivity index (χ0v) is 15.5. The highest BCUT2D eigenvalue weighted by atomic mass is 16.5. The molecule has 2 aromatic carbocycles. The number of aryl methyl sites for hydroxylation is 2. The summed E-state index contributed by atoms with van der Waals surface area (Å²) in [6.07, 6.45) is 2.26. The van der Waals surface area contributed by atoms with Crippen LogP contribution in [0.3, 0.4) is 0 Å². The predicted molar refractivity (Wildman–Crippen MR) is 103 cm³/mol. The van der Waals surface area contributed by atoms with Crippen molar-refractivity contribution in [2.45, 2.75) is 33.1 Å². The molecule has 26 heavy (non-hydrogen) atoms. The fraction of sp³-hybridized carbons (Fsp3) is 0.304. The fourth-order valence-corrected chi connectivity index (χ4v) is 3.48. The second-order valence-electron chi connectivity index (χ2n) is 6.89. The van der Waals surface area contributed by atoms with Gasteiger partial charge in [0, 0.05) is 5.92 Å². The average Bonchev–Trinajstić information content (AvgIpc) is 2.62. The molecule has 3 nitrogen and oxygen atoms in total. The van der Waals surface area contributed by atoms with E-state index in [1.54, 1.807) is 13.0 Å². The molecular formula is C23H24O3. The lowest BCUT2D eigenvalue weighted by molar-refractivity contribution is -0.151. The smallest absolute Gasteiger partial charge is 0.317 e. The molecule has 0 saturated carbocycles. The molecule has 0 unspecified atom stereocenters. The van der Waals surface area contributed by atoms with Crippen molar-refractivity contribution >= 4 is 17.3 Å². The topological polar surface area (TPSA) is 43.4 Å². The van der Waals surface area contributed by atoms with E-state index in [-0.39, 0.29) is 18.3 Å². The van der Waals surface area contributed by atoms with Crippen molar-refractivity contribution in [1.29, 1.82) is 0 Å². The first-order chi connectivity index (χ1) is 12.5. The van der Waals surface area contributed by atoms with E-state index in [9.17, 15) is 9.59 Å². The number of benzene rings is 2. The maximum Gasteiger partial charge on any atom is 0.317 e. The first-order valence-corrected chi connectivity index (χ1v) is 9.04. The number of carbonyl (C=O) groups excluding carboxylic acids is 2. The van der Waals surface area contributed by atoms with Crippen LogP contribution in [0.4, 0.5) is 0 Å².